The Morgan fingerprint density at radius 3 is 2.44 bits per heavy atom. The second-order valence-electron chi connectivity index (χ2n) is 5.40. The molecule has 0 aliphatic heterocycles. The van der Waals surface area contributed by atoms with Gasteiger partial charge in [0.05, 0.1) is 6.10 Å². The summed E-state index contributed by atoms with van der Waals surface area (Å²) < 4.78 is 5.83. The molecule has 0 heterocycles. The summed E-state index contributed by atoms with van der Waals surface area (Å²) >= 11 is 0. The topological polar surface area (TPSA) is 72.5 Å². The average Bonchev–Trinajstić information content (AvgIpc) is 2.62. The molecular formula is C14H27NO3. The quantitative estimate of drug-likeness (QED) is 0.543. The summed E-state index contributed by atoms with van der Waals surface area (Å²) in [5.41, 5.74) is 4.75. The summed E-state index contributed by atoms with van der Waals surface area (Å²) in [5.74, 6) is -0.903. The number of aliphatic carboxylic acids is 1. The van der Waals surface area contributed by atoms with Crippen LogP contribution in [0.1, 0.15) is 64.7 Å². The molecule has 0 aromatic heterocycles. The summed E-state index contributed by atoms with van der Waals surface area (Å²) in [6, 6.07) is 0. The number of hydrogen-bond acceptors (Lipinski definition) is 3. The monoisotopic (exact) mass is 257 g/mol. The zero-order chi connectivity index (χ0) is 13.4. The maximum Gasteiger partial charge on any atom is 0.323 e. The van der Waals surface area contributed by atoms with E-state index in [1.165, 1.54) is 25.7 Å². The molecule has 0 spiro atoms. The molecule has 0 aromatic rings. The fourth-order valence-corrected chi connectivity index (χ4v) is 2.48. The zero-order valence-corrected chi connectivity index (χ0v) is 11.5. The molecule has 0 saturated heterocycles. The van der Waals surface area contributed by atoms with Gasteiger partial charge in [0.25, 0.3) is 0 Å². The van der Waals surface area contributed by atoms with Crippen molar-refractivity contribution >= 4 is 5.97 Å². The average molecular weight is 257 g/mol. The van der Waals surface area contributed by atoms with Crippen LogP contribution in [-0.2, 0) is 9.53 Å². The number of carboxylic acids is 1. The highest BCUT2D eigenvalue weighted by atomic mass is 16.5. The normalized spacial score (nSPS) is 21.2. The van der Waals surface area contributed by atoms with Crippen LogP contribution in [-0.4, -0.2) is 29.3 Å². The second-order valence-corrected chi connectivity index (χ2v) is 5.40. The Bertz CT molecular complexity index is 249. The first kappa shape index (κ1) is 15.4. The molecule has 1 aliphatic carbocycles. The van der Waals surface area contributed by atoms with Crippen LogP contribution in [0.5, 0.6) is 0 Å². The molecule has 0 aromatic carbocycles. The fraction of sp³-hybridized carbons (Fsp3) is 0.929. The van der Waals surface area contributed by atoms with E-state index in [-0.39, 0.29) is 0 Å². The molecule has 1 saturated carbocycles. The first-order valence-corrected chi connectivity index (χ1v) is 7.22. The lowest BCUT2D eigenvalue weighted by atomic mass is 9.92. The maximum atomic E-state index is 11.0. The largest absolute Gasteiger partial charge is 0.480 e. The van der Waals surface area contributed by atoms with E-state index in [0.717, 1.165) is 19.3 Å². The van der Waals surface area contributed by atoms with Crippen molar-refractivity contribution in [2.24, 2.45) is 5.73 Å². The van der Waals surface area contributed by atoms with Crippen molar-refractivity contribution in [3.63, 3.8) is 0 Å². The first-order valence-electron chi connectivity index (χ1n) is 7.22. The Morgan fingerprint density at radius 2 is 1.94 bits per heavy atom. The van der Waals surface area contributed by atoms with E-state index in [1.807, 2.05) is 6.92 Å². The van der Waals surface area contributed by atoms with Crippen LogP contribution in [0.3, 0.4) is 0 Å². The van der Waals surface area contributed by atoms with Crippen LogP contribution in [0.2, 0.25) is 0 Å². The third-order valence-electron chi connectivity index (χ3n) is 3.98. The highest BCUT2D eigenvalue weighted by Gasteiger charge is 2.31. The number of rotatable bonds is 7. The van der Waals surface area contributed by atoms with Crippen molar-refractivity contribution in [3.8, 4) is 0 Å². The number of carbonyl (C=O) groups is 1. The van der Waals surface area contributed by atoms with Gasteiger partial charge < -0.3 is 15.6 Å². The van der Waals surface area contributed by atoms with Gasteiger partial charge in [0, 0.05) is 6.61 Å². The third kappa shape index (κ3) is 4.94. The lowest BCUT2D eigenvalue weighted by molar-refractivity contribution is -0.143. The molecule has 1 aliphatic rings. The molecule has 1 fully saturated rings. The Labute approximate surface area is 110 Å². The van der Waals surface area contributed by atoms with Crippen molar-refractivity contribution in [1.29, 1.82) is 0 Å². The molecule has 18 heavy (non-hydrogen) atoms. The highest BCUT2D eigenvalue weighted by Crippen LogP contribution is 2.21. The van der Waals surface area contributed by atoms with E-state index < -0.39 is 11.5 Å². The number of hydrogen-bond donors (Lipinski definition) is 2. The molecular weight excluding hydrogens is 230 g/mol. The van der Waals surface area contributed by atoms with Crippen LogP contribution in [0.15, 0.2) is 0 Å². The fourth-order valence-electron chi connectivity index (χ4n) is 2.48. The highest BCUT2D eigenvalue weighted by molar-refractivity contribution is 5.78. The van der Waals surface area contributed by atoms with Gasteiger partial charge in [0.2, 0.25) is 0 Å². The number of carboxylic acid groups (broad SMARTS) is 1. The SMILES string of the molecule is CCC(N)(CCCOC1CCCCCC1)C(=O)O. The van der Waals surface area contributed by atoms with Crippen LogP contribution < -0.4 is 5.73 Å². The molecule has 3 N–H and O–H groups in total. The maximum absolute atomic E-state index is 11.0. The molecule has 4 nitrogen and oxygen atoms in total. The lowest BCUT2D eigenvalue weighted by Gasteiger charge is -2.23. The smallest absolute Gasteiger partial charge is 0.323 e. The lowest BCUT2D eigenvalue weighted by Crippen LogP contribution is -2.47. The summed E-state index contributed by atoms with van der Waals surface area (Å²) in [7, 11) is 0. The summed E-state index contributed by atoms with van der Waals surface area (Å²) in [5, 5.41) is 9.05. The minimum Gasteiger partial charge on any atom is -0.480 e. The van der Waals surface area contributed by atoms with Crippen molar-refractivity contribution < 1.29 is 14.6 Å². The Morgan fingerprint density at radius 1 is 1.33 bits per heavy atom. The second kappa shape index (κ2) is 7.74. The third-order valence-corrected chi connectivity index (χ3v) is 3.98. The predicted molar refractivity (Wildman–Crippen MR) is 71.5 cm³/mol. The minimum atomic E-state index is -1.08. The van der Waals surface area contributed by atoms with Gasteiger partial charge in [-0.3, -0.25) is 4.79 Å². The van der Waals surface area contributed by atoms with Crippen LogP contribution in [0.4, 0.5) is 0 Å². The molecule has 0 radical (unpaired) electrons. The van der Waals surface area contributed by atoms with Crippen molar-refractivity contribution in [2.75, 3.05) is 6.61 Å². The van der Waals surface area contributed by atoms with Crippen molar-refractivity contribution in [1.82, 2.24) is 0 Å². The van der Waals surface area contributed by atoms with Gasteiger partial charge in [-0.1, -0.05) is 32.6 Å². The zero-order valence-electron chi connectivity index (χ0n) is 11.5. The molecule has 0 bridgehead atoms. The van der Waals surface area contributed by atoms with Gasteiger partial charge in [0.15, 0.2) is 0 Å². The standard InChI is InChI=1S/C14H27NO3/c1-2-14(15,13(16)17)10-7-11-18-12-8-5-3-4-6-9-12/h12H,2-11,15H2,1H3,(H,16,17). The summed E-state index contributed by atoms with van der Waals surface area (Å²) in [4.78, 5) is 11.0. The van der Waals surface area contributed by atoms with E-state index in [0.29, 0.717) is 25.6 Å². The van der Waals surface area contributed by atoms with Gasteiger partial charge in [-0.2, -0.15) is 0 Å². The van der Waals surface area contributed by atoms with Crippen LogP contribution in [0.25, 0.3) is 0 Å². The van der Waals surface area contributed by atoms with E-state index in [9.17, 15) is 4.79 Å². The van der Waals surface area contributed by atoms with Gasteiger partial charge >= 0.3 is 5.97 Å². The van der Waals surface area contributed by atoms with Gasteiger partial charge in [-0.25, -0.2) is 0 Å². The van der Waals surface area contributed by atoms with E-state index in [4.69, 9.17) is 15.6 Å². The van der Waals surface area contributed by atoms with Gasteiger partial charge in [-0.15, -0.1) is 0 Å². The van der Waals surface area contributed by atoms with Gasteiger partial charge in [0.1, 0.15) is 5.54 Å². The molecule has 1 atom stereocenters. The molecule has 106 valence electrons. The molecule has 4 heteroatoms. The predicted octanol–water partition coefficient (Wildman–Crippen LogP) is 2.70. The first-order chi connectivity index (χ1) is 8.58. The molecule has 0 amide bonds. The van der Waals surface area contributed by atoms with Gasteiger partial charge in [-0.05, 0) is 32.1 Å². The molecule has 1 rings (SSSR count). The number of ether oxygens (including phenoxy) is 1. The van der Waals surface area contributed by atoms with E-state index >= 15 is 0 Å². The van der Waals surface area contributed by atoms with E-state index in [2.05, 4.69) is 0 Å². The minimum absolute atomic E-state index is 0.381. The molecule has 1 unspecified atom stereocenters. The number of nitrogens with two attached hydrogens (primary N) is 1. The summed E-state index contributed by atoms with van der Waals surface area (Å²) in [6.45, 7) is 2.46. The van der Waals surface area contributed by atoms with Crippen molar-refractivity contribution in [2.45, 2.75) is 76.4 Å². The van der Waals surface area contributed by atoms with Crippen LogP contribution in [0, 0.1) is 0 Å². The van der Waals surface area contributed by atoms with Crippen LogP contribution >= 0.6 is 0 Å². The summed E-state index contributed by atoms with van der Waals surface area (Å²) in [6.07, 6.45) is 9.53. The Hall–Kier alpha value is -0.610. The Kier molecular flexibility index (Phi) is 6.65. The van der Waals surface area contributed by atoms with Crippen molar-refractivity contribution in [3.05, 3.63) is 0 Å². The van der Waals surface area contributed by atoms with E-state index in [1.54, 1.807) is 0 Å². The Balaban J connectivity index is 2.19.